The number of benzene rings is 1. The third kappa shape index (κ3) is 2.80. The lowest BCUT2D eigenvalue weighted by molar-refractivity contribution is -0.0183. The summed E-state index contributed by atoms with van der Waals surface area (Å²) in [6, 6.07) is 6.81. The molecule has 0 bridgehead atoms. The van der Waals surface area contributed by atoms with E-state index in [1.54, 1.807) is 29.2 Å². The van der Waals surface area contributed by atoms with Gasteiger partial charge in [-0.05, 0) is 24.3 Å². The van der Waals surface area contributed by atoms with Gasteiger partial charge in [-0.25, -0.2) is 0 Å². The van der Waals surface area contributed by atoms with E-state index >= 15 is 0 Å². The number of hydrogen-bond acceptors (Lipinski definition) is 4. The van der Waals surface area contributed by atoms with Crippen molar-refractivity contribution >= 4 is 18.5 Å². The van der Waals surface area contributed by atoms with Gasteiger partial charge in [-0.3, -0.25) is 4.79 Å². The number of morpholine rings is 1. The van der Waals surface area contributed by atoms with Crippen molar-refractivity contribution in [3.63, 3.8) is 0 Å². The lowest BCUT2D eigenvalue weighted by Gasteiger charge is -2.34. The monoisotopic (exact) mass is 253 g/mol. The van der Waals surface area contributed by atoms with Crippen LogP contribution in [0.15, 0.2) is 29.2 Å². The van der Waals surface area contributed by atoms with Crippen LogP contribution in [0.25, 0.3) is 0 Å². The first-order chi connectivity index (χ1) is 8.22. The van der Waals surface area contributed by atoms with Crippen LogP contribution in [0.1, 0.15) is 10.4 Å². The molecule has 1 aliphatic rings. The molecule has 5 heteroatoms. The van der Waals surface area contributed by atoms with E-state index in [1.807, 2.05) is 0 Å². The van der Waals surface area contributed by atoms with Crippen LogP contribution >= 0.6 is 12.6 Å². The van der Waals surface area contributed by atoms with E-state index in [1.165, 1.54) is 0 Å². The molecule has 1 heterocycles. The minimum absolute atomic E-state index is 0.0688. The van der Waals surface area contributed by atoms with Gasteiger partial charge in [0.05, 0.1) is 25.9 Å². The Morgan fingerprint density at radius 1 is 1.47 bits per heavy atom. The molecule has 0 saturated carbocycles. The van der Waals surface area contributed by atoms with Gasteiger partial charge in [0.2, 0.25) is 0 Å². The molecule has 1 aromatic rings. The number of carbonyl (C=O) groups is 1. The summed E-state index contributed by atoms with van der Waals surface area (Å²) < 4.78 is 5.24. The summed E-state index contributed by atoms with van der Waals surface area (Å²) in [5, 5.41) is 9.22. The Morgan fingerprint density at radius 3 is 2.82 bits per heavy atom. The average molecular weight is 253 g/mol. The van der Waals surface area contributed by atoms with Gasteiger partial charge in [-0.2, -0.15) is 0 Å². The molecule has 4 nitrogen and oxygen atoms in total. The summed E-state index contributed by atoms with van der Waals surface area (Å²) in [6.07, 6.45) is 0. The first kappa shape index (κ1) is 12.4. The molecule has 17 heavy (non-hydrogen) atoms. The van der Waals surface area contributed by atoms with Gasteiger partial charge in [-0.15, -0.1) is 12.6 Å². The van der Waals surface area contributed by atoms with E-state index in [2.05, 4.69) is 12.6 Å². The quantitative estimate of drug-likeness (QED) is 0.767. The second kappa shape index (κ2) is 5.53. The number of ether oxygens (including phenoxy) is 1. The maximum Gasteiger partial charge on any atom is 0.254 e. The van der Waals surface area contributed by atoms with Crippen molar-refractivity contribution in [2.75, 3.05) is 26.4 Å². The van der Waals surface area contributed by atoms with Crippen LogP contribution in [-0.4, -0.2) is 48.3 Å². The number of nitrogens with zero attached hydrogens (tertiary/aromatic N) is 1. The molecule has 2 rings (SSSR count). The second-order valence-electron chi connectivity index (χ2n) is 3.96. The van der Waals surface area contributed by atoms with E-state index in [9.17, 15) is 9.90 Å². The number of rotatable bonds is 2. The highest BCUT2D eigenvalue weighted by atomic mass is 32.1. The van der Waals surface area contributed by atoms with Gasteiger partial charge in [0.1, 0.15) is 0 Å². The van der Waals surface area contributed by atoms with Crippen LogP contribution in [0.5, 0.6) is 0 Å². The maximum atomic E-state index is 12.2. The molecule has 1 aliphatic heterocycles. The largest absolute Gasteiger partial charge is 0.394 e. The van der Waals surface area contributed by atoms with Gasteiger partial charge >= 0.3 is 0 Å². The highest BCUT2D eigenvalue weighted by Crippen LogP contribution is 2.14. The molecule has 1 saturated heterocycles. The van der Waals surface area contributed by atoms with Crippen LogP contribution in [0.3, 0.4) is 0 Å². The SMILES string of the molecule is O=C(c1ccc(S)cc1)N1CCOCC1CO. The second-order valence-corrected chi connectivity index (χ2v) is 4.47. The topological polar surface area (TPSA) is 49.8 Å². The number of thiol groups is 1. The summed E-state index contributed by atoms with van der Waals surface area (Å²) in [4.78, 5) is 14.7. The van der Waals surface area contributed by atoms with E-state index in [-0.39, 0.29) is 18.6 Å². The summed E-state index contributed by atoms with van der Waals surface area (Å²) in [5.74, 6) is -0.0688. The van der Waals surface area contributed by atoms with Crippen molar-refractivity contribution in [2.45, 2.75) is 10.9 Å². The Morgan fingerprint density at radius 2 is 2.18 bits per heavy atom. The highest BCUT2D eigenvalue weighted by Gasteiger charge is 2.27. The van der Waals surface area contributed by atoms with Crippen molar-refractivity contribution in [2.24, 2.45) is 0 Å². The molecule has 1 aromatic carbocycles. The van der Waals surface area contributed by atoms with Gasteiger partial charge in [-0.1, -0.05) is 0 Å². The molecule has 1 unspecified atom stereocenters. The third-order valence-corrected chi connectivity index (χ3v) is 3.11. The van der Waals surface area contributed by atoms with E-state index in [4.69, 9.17) is 4.74 Å². The Bertz CT molecular complexity index is 393. The summed E-state index contributed by atoms with van der Waals surface area (Å²) in [7, 11) is 0. The van der Waals surface area contributed by atoms with Gasteiger partial charge in [0, 0.05) is 17.0 Å². The van der Waals surface area contributed by atoms with Crippen molar-refractivity contribution < 1.29 is 14.6 Å². The van der Waals surface area contributed by atoms with E-state index in [0.717, 1.165) is 4.90 Å². The Balaban J connectivity index is 2.15. The number of hydrogen-bond donors (Lipinski definition) is 2. The van der Waals surface area contributed by atoms with Crippen molar-refractivity contribution in [3.05, 3.63) is 29.8 Å². The molecule has 1 fully saturated rings. The first-order valence-electron chi connectivity index (χ1n) is 5.51. The van der Waals surface area contributed by atoms with Gasteiger partial charge in [0.15, 0.2) is 0 Å². The van der Waals surface area contributed by atoms with Crippen LogP contribution in [0, 0.1) is 0 Å². The van der Waals surface area contributed by atoms with Crippen LogP contribution < -0.4 is 0 Å². The zero-order valence-corrected chi connectivity index (χ0v) is 10.3. The summed E-state index contributed by atoms with van der Waals surface area (Å²) in [6.45, 7) is 1.36. The normalized spacial score (nSPS) is 20.4. The molecule has 0 aliphatic carbocycles. The minimum Gasteiger partial charge on any atom is -0.394 e. The van der Waals surface area contributed by atoms with Crippen LogP contribution in [-0.2, 0) is 4.74 Å². The lowest BCUT2D eigenvalue weighted by atomic mass is 10.1. The summed E-state index contributed by atoms with van der Waals surface area (Å²) in [5.41, 5.74) is 0.614. The fraction of sp³-hybridized carbons (Fsp3) is 0.417. The molecule has 1 N–H and O–H groups in total. The van der Waals surface area contributed by atoms with Gasteiger partial charge in [0.25, 0.3) is 5.91 Å². The van der Waals surface area contributed by atoms with E-state index < -0.39 is 0 Å². The Kier molecular flexibility index (Phi) is 4.04. The van der Waals surface area contributed by atoms with E-state index in [0.29, 0.717) is 25.3 Å². The predicted molar refractivity (Wildman–Crippen MR) is 66.4 cm³/mol. The highest BCUT2D eigenvalue weighted by molar-refractivity contribution is 7.80. The first-order valence-corrected chi connectivity index (χ1v) is 5.95. The average Bonchev–Trinajstić information content (AvgIpc) is 2.39. The fourth-order valence-electron chi connectivity index (χ4n) is 1.84. The molecule has 0 spiro atoms. The summed E-state index contributed by atoms with van der Waals surface area (Å²) >= 11 is 4.18. The number of aliphatic hydroxyl groups excluding tert-OH is 1. The molecule has 92 valence electrons. The Hall–Kier alpha value is -1.04. The fourth-order valence-corrected chi connectivity index (χ4v) is 1.99. The molecule has 1 amide bonds. The van der Waals surface area contributed by atoms with Crippen molar-refractivity contribution in [1.82, 2.24) is 4.90 Å². The molecular weight excluding hydrogens is 238 g/mol. The van der Waals surface area contributed by atoms with Crippen LogP contribution in [0.2, 0.25) is 0 Å². The molecule has 1 atom stereocenters. The van der Waals surface area contributed by atoms with Crippen molar-refractivity contribution in [1.29, 1.82) is 0 Å². The zero-order chi connectivity index (χ0) is 12.3. The molecular formula is C12H15NO3S. The number of carbonyl (C=O) groups excluding carboxylic acids is 1. The molecule has 0 aromatic heterocycles. The molecule has 0 radical (unpaired) electrons. The minimum atomic E-state index is -0.244. The third-order valence-electron chi connectivity index (χ3n) is 2.81. The number of aliphatic hydroxyl groups is 1. The van der Waals surface area contributed by atoms with Crippen LogP contribution in [0.4, 0.5) is 0 Å². The number of amides is 1. The standard InChI is InChI=1S/C12H15NO3S/c14-7-10-8-16-6-5-13(10)12(15)9-1-3-11(17)4-2-9/h1-4,10,14,17H,5-8H2. The van der Waals surface area contributed by atoms with Crippen molar-refractivity contribution in [3.8, 4) is 0 Å². The smallest absolute Gasteiger partial charge is 0.254 e. The predicted octanol–water partition coefficient (Wildman–Crippen LogP) is 0.809. The zero-order valence-electron chi connectivity index (χ0n) is 9.37. The Labute approximate surface area is 106 Å². The maximum absolute atomic E-state index is 12.2. The lowest BCUT2D eigenvalue weighted by Crippen LogP contribution is -2.50. The van der Waals surface area contributed by atoms with Gasteiger partial charge < -0.3 is 14.7 Å².